The van der Waals surface area contributed by atoms with Crippen molar-refractivity contribution >= 4 is 10.9 Å². The van der Waals surface area contributed by atoms with Crippen LogP contribution in [-0.2, 0) is 13.1 Å². The minimum Gasteiger partial charge on any atom is -0.454 e. The number of aromatic nitrogens is 5. The largest absolute Gasteiger partial charge is 0.454 e. The number of ether oxygens (including phenoxy) is 2. The van der Waals surface area contributed by atoms with Gasteiger partial charge in [-0.15, -0.1) is 5.10 Å². The first-order valence-corrected chi connectivity index (χ1v) is 14.0. The first kappa shape index (κ1) is 25.6. The molecule has 2 aromatic heterocycles. The van der Waals surface area contributed by atoms with Crippen LogP contribution in [0.1, 0.15) is 85.6 Å². The molecule has 204 valence electrons. The van der Waals surface area contributed by atoms with Gasteiger partial charge in [0.05, 0.1) is 17.6 Å². The van der Waals surface area contributed by atoms with E-state index < -0.39 is 0 Å². The molecule has 0 saturated heterocycles. The lowest BCUT2D eigenvalue weighted by Crippen LogP contribution is -2.33. The third-order valence-corrected chi connectivity index (χ3v) is 8.13. The molecule has 6 rings (SSSR count). The van der Waals surface area contributed by atoms with Crippen molar-refractivity contribution in [2.45, 2.75) is 84.5 Å². The summed E-state index contributed by atoms with van der Waals surface area (Å²) in [5.74, 6) is 2.38. The van der Waals surface area contributed by atoms with E-state index in [2.05, 4.69) is 62.1 Å². The number of pyridine rings is 1. The van der Waals surface area contributed by atoms with Gasteiger partial charge >= 0.3 is 0 Å². The van der Waals surface area contributed by atoms with Crippen molar-refractivity contribution in [1.29, 1.82) is 0 Å². The molecule has 1 N–H and O–H groups in total. The molecule has 4 aromatic rings. The summed E-state index contributed by atoms with van der Waals surface area (Å²) in [4.78, 5) is 18.8. The Hall–Kier alpha value is -3.72. The summed E-state index contributed by atoms with van der Waals surface area (Å²) in [6.45, 7) is 7.59. The van der Waals surface area contributed by atoms with Crippen molar-refractivity contribution in [2.75, 3.05) is 6.79 Å². The molecule has 0 amide bonds. The molecule has 0 unspecified atom stereocenters. The molecule has 0 spiro atoms. The van der Waals surface area contributed by atoms with E-state index in [0.29, 0.717) is 19.1 Å². The summed E-state index contributed by atoms with van der Waals surface area (Å²) in [7, 11) is 0. The van der Waals surface area contributed by atoms with Gasteiger partial charge in [0, 0.05) is 18.7 Å². The van der Waals surface area contributed by atoms with Gasteiger partial charge in [0.2, 0.25) is 6.79 Å². The minimum atomic E-state index is -0.0679. The van der Waals surface area contributed by atoms with Crippen molar-refractivity contribution in [3.05, 3.63) is 74.8 Å². The lowest BCUT2D eigenvalue weighted by atomic mass is 9.95. The number of fused-ring (bicyclic) bond motifs is 2. The Morgan fingerprint density at radius 1 is 1.05 bits per heavy atom. The number of nitrogens with one attached hydrogen (secondary N) is 1. The summed E-state index contributed by atoms with van der Waals surface area (Å²) >= 11 is 0. The summed E-state index contributed by atoms with van der Waals surface area (Å²) in [6.07, 6.45) is 6.67. The van der Waals surface area contributed by atoms with Crippen LogP contribution in [0.4, 0.5) is 0 Å². The average molecular weight is 529 g/mol. The molecule has 1 aliphatic heterocycles. The number of hydrogen-bond acceptors (Lipinski definition) is 7. The summed E-state index contributed by atoms with van der Waals surface area (Å²) in [6, 6.07) is 12.6. The highest BCUT2D eigenvalue weighted by Gasteiger charge is 2.29. The van der Waals surface area contributed by atoms with Crippen molar-refractivity contribution in [2.24, 2.45) is 0 Å². The van der Waals surface area contributed by atoms with Crippen LogP contribution < -0.4 is 15.0 Å². The lowest BCUT2D eigenvalue weighted by Gasteiger charge is -2.32. The number of tetrazole rings is 1. The fourth-order valence-corrected chi connectivity index (χ4v) is 6.23. The fraction of sp³-hybridized carbons (Fsp3) is 0.467. The summed E-state index contributed by atoms with van der Waals surface area (Å²) in [5, 5.41) is 14.2. The third kappa shape index (κ3) is 5.15. The Morgan fingerprint density at radius 3 is 2.69 bits per heavy atom. The Labute approximate surface area is 228 Å². The minimum absolute atomic E-state index is 0.0631. The molecule has 39 heavy (non-hydrogen) atoms. The zero-order valence-electron chi connectivity index (χ0n) is 22.9. The second kappa shape index (κ2) is 10.8. The van der Waals surface area contributed by atoms with Crippen LogP contribution in [0.15, 0.2) is 41.2 Å². The van der Waals surface area contributed by atoms with Crippen LogP contribution in [0.5, 0.6) is 11.5 Å². The fourth-order valence-electron chi connectivity index (χ4n) is 6.23. The molecule has 0 bridgehead atoms. The van der Waals surface area contributed by atoms with Gasteiger partial charge in [0.1, 0.15) is 0 Å². The predicted octanol–water partition coefficient (Wildman–Crippen LogP) is 5.52. The molecular formula is C30H36N6O3. The Kier molecular flexibility index (Phi) is 7.08. The van der Waals surface area contributed by atoms with Gasteiger partial charge in [-0.2, -0.15) is 0 Å². The van der Waals surface area contributed by atoms with Gasteiger partial charge in [-0.3, -0.25) is 9.69 Å². The zero-order valence-corrected chi connectivity index (χ0v) is 22.9. The number of aromatic amines is 1. The number of aryl methyl sites for hydroxylation is 2. The molecule has 2 aliphatic rings. The van der Waals surface area contributed by atoms with Gasteiger partial charge in [-0.25, -0.2) is 4.68 Å². The maximum Gasteiger partial charge on any atom is 0.252 e. The number of H-pyrrole nitrogens is 1. The zero-order chi connectivity index (χ0) is 26.9. The van der Waals surface area contributed by atoms with E-state index in [4.69, 9.17) is 9.47 Å². The van der Waals surface area contributed by atoms with Gasteiger partial charge in [0.15, 0.2) is 17.3 Å². The number of benzene rings is 2. The van der Waals surface area contributed by atoms with Crippen LogP contribution >= 0.6 is 0 Å². The van der Waals surface area contributed by atoms with Crippen LogP contribution in [0.2, 0.25) is 0 Å². The van der Waals surface area contributed by atoms with Gasteiger partial charge in [-0.1, -0.05) is 43.9 Å². The predicted molar refractivity (Wildman–Crippen MR) is 149 cm³/mol. The van der Waals surface area contributed by atoms with Crippen molar-refractivity contribution < 1.29 is 9.47 Å². The van der Waals surface area contributed by atoms with Gasteiger partial charge in [0.25, 0.3) is 5.56 Å². The van der Waals surface area contributed by atoms with Crippen molar-refractivity contribution in [3.63, 3.8) is 0 Å². The van der Waals surface area contributed by atoms with Gasteiger partial charge in [-0.05, 0) is 84.3 Å². The Balaban J connectivity index is 1.39. The third-order valence-electron chi connectivity index (χ3n) is 8.13. The molecule has 9 nitrogen and oxygen atoms in total. The summed E-state index contributed by atoms with van der Waals surface area (Å²) in [5.41, 5.74) is 4.88. The van der Waals surface area contributed by atoms with Crippen molar-refractivity contribution in [3.8, 4) is 11.5 Å². The molecule has 2 aromatic carbocycles. The first-order chi connectivity index (χ1) is 19.0. The second-order valence-corrected chi connectivity index (χ2v) is 11.0. The van der Waals surface area contributed by atoms with Crippen molar-refractivity contribution in [1.82, 2.24) is 30.1 Å². The molecule has 1 aliphatic carbocycles. The van der Waals surface area contributed by atoms with Crippen LogP contribution in [0.3, 0.4) is 0 Å². The van der Waals surface area contributed by atoms with Crippen LogP contribution in [0, 0.1) is 13.8 Å². The average Bonchev–Trinajstić information content (AvgIpc) is 3.60. The second-order valence-electron chi connectivity index (χ2n) is 11.0. The van der Waals surface area contributed by atoms with E-state index in [1.165, 1.54) is 24.8 Å². The van der Waals surface area contributed by atoms with Gasteiger partial charge < -0.3 is 14.5 Å². The molecule has 1 fully saturated rings. The maximum atomic E-state index is 13.4. The highest BCUT2D eigenvalue weighted by Crippen LogP contribution is 2.36. The normalized spacial score (nSPS) is 16.3. The molecule has 3 heterocycles. The standard InChI is InChI=1S/C30H36N6O3/c1-4-25(29-32-33-34-36(29)24-8-6-5-7-9-24)35(16-21-10-11-26-27(14-21)39-18-38-26)17-23-15-22-13-19(2)12-20(3)28(22)31-30(23)37/h10-15,24-25H,4-9,16-18H2,1-3H3,(H,31,37)/t25-/m1/s1. The van der Waals surface area contributed by atoms with E-state index in [1.807, 2.05) is 25.1 Å². The molecule has 9 heteroatoms. The lowest BCUT2D eigenvalue weighted by molar-refractivity contribution is 0.155. The maximum absolute atomic E-state index is 13.4. The Morgan fingerprint density at radius 2 is 1.87 bits per heavy atom. The van der Waals surface area contributed by atoms with E-state index in [0.717, 1.165) is 64.2 Å². The van der Waals surface area contributed by atoms with E-state index >= 15 is 0 Å². The topological polar surface area (TPSA) is 98.2 Å². The molecule has 0 radical (unpaired) electrons. The quantitative estimate of drug-likeness (QED) is 0.322. The smallest absolute Gasteiger partial charge is 0.252 e. The SMILES string of the molecule is CC[C@H](c1nnnn1C1CCCCC1)N(Cc1ccc2c(c1)OCO2)Cc1cc2cc(C)cc(C)c2[nH]c1=O. The van der Waals surface area contributed by atoms with Crippen LogP contribution in [0.25, 0.3) is 10.9 Å². The van der Waals surface area contributed by atoms with E-state index in [-0.39, 0.29) is 18.4 Å². The number of nitrogens with zero attached hydrogens (tertiary/aromatic N) is 5. The van der Waals surface area contributed by atoms with E-state index in [9.17, 15) is 4.79 Å². The van der Waals surface area contributed by atoms with Crippen LogP contribution in [-0.4, -0.2) is 36.9 Å². The highest BCUT2D eigenvalue weighted by atomic mass is 16.7. The van der Waals surface area contributed by atoms with E-state index in [1.54, 1.807) is 0 Å². The molecule has 1 atom stereocenters. The highest BCUT2D eigenvalue weighted by molar-refractivity contribution is 5.82. The first-order valence-electron chi connectivity index (χ1n) is 14.0. The molecular weight excluding hydrogens is 492 g/mol. The monoisotopic (exact) mass is 528 g/mol. The molecule has 1 saturated carbocycles. The summed E-state index contributed by atoms with van der Waals surface area (Å²) < 4.78 is 13.2. The number of hydrogen-bond donors (Lipinski definition) is 1. The Bertz CT molecular complexity index is 1540. The number of rotatable bonds is 8.